The lowest BCUT2D eigenvalue weighted by molar-refractivity contribution is -0.137. The van der Waals surface area contributed by atoms with Gasteiger partial charge in [0, 0.05) is 37.9 Å². The fraction of sp³-hybridized carbons (Fsp3) is 0.375. The molecule has 1 aliphatic rings. The van der Waals surface area contributed by atoms with Gasteiger partial charge in [-0.3, -0.25) is 4.79 Å². The number of carbonyl (C=O) groups excluding carboxylic acids is 1. The zero-order valence-electron chi connectivity index (χ0n) is 18.9. The van der Waals surface area contributed by atoms with Crippen molar-refractivity contribution in [2.75, 3.05) is 31.1 Å². The van der Waals surface area contributed by atoms with Crippen LogP contribution in [0, 0.1) is 13.8 Å². The molecule has 0 atom stereocenters. The lowest BCUT2D eigenvalue weighted by Crippen LogP contribution is -2.35. The SMILES string of the molecule is Cc1noc(C)c1COc1cccc(C(=O)N2CCCN(c3ccc(C(F)(F)F)cn3)CC2)c1. The molecular weight excluding hydrogens is 449 g/mol. The summed E-state index contributed by atoms with van der Waals surface area (Å²) in [7, 11) is 0. The minimum atomic E-state index is -4.42. The second-order valence-corrected chi connectivity index (χ2v) is 8.15. The predicted molar refractivity (Wildman–Crippen MR) is 119 cm³/mol. The largest absolute Gasteiger partial charge is 0.489 e. The van der Waals surface area contributed by atoms with Crippen LogP contribution >= 0.6 is 0 Å². The Morgan fingerprint density at radius 1 is 1.12 bits per heavy atom. The van der Waals surface area contributed by atoms with Gasteiger partial charge in [0.25, 0.3) is 5.91 Å². The van der Waals surface area contributed by atoms with Gasteiger partial charge in [0.15, 0.2) is 0 Å². The number of hydrogen-bond donors (Lipinski definition) is 0. The molecule has 1 amide bonds. The average Bonchev–Trinajstić information content (AvgIpc) is 3.00. The molecule has 0 N–H and O–H groups in total. The highest BCUT2D eigenvalue weighted by atomic mass is 19.4. The Balaban J connectivity index is 1.38. The first kappa shape index (κ1) is 23.6. The number of alkyl halides is 3. The minimum absolute atomic E-state index is 0.120. The van der Waals surface area contributed by atoms with Crippen LogP contribution in [-0.2, 0) is 12.8 Å². The summed E-state index contributed by atoms with van der Waals surface area (Å²) in [4.78, 5) is 20.8. The third-order valence-electron chi connectivity index (χ3n) is 5.83. The molecule has 1 aliphatic heterocycles. The van der Waals surface area contributed by atoms with Crippen molar-refractivity contribution in [1.29, 1.82) is 0 Å². The lowest BCUT2D eigenvalue weighted by Gasteiger charge is -2.23. The van der Waals surface area contributed by atoms with E-state index in [9.17, 15) is 18.0 Å². The van der Waals surface area contributed by atoms with Gasteiger partial charge in [-0.25, -0.2) is 4.98 Å². The number of aryl methyl sites for hydroxylation is 2. The maximum absolute atomic E-state index is 13.1. The van der Waals surface area contributed by atoms with E-state index in [-0.39, 0.29) is 12.5 Å². The molecule has 0 aliphatic carbocycles. The van der Waals surface area contributed by atoms with Gasteiger partial charge in [0.05, 0.1) is 16.8 Å². The van der Waals surface area contributed by atoms with Crippen LogP contribution < -0.4 is 9.64 Å². The quantitative estimate of drug-likeness (QED) is 0.537. The molecule has 1 saturated heterocycles. The molecule has 1 fully saturated rings. The molecule has 0 saturated carbocycles. The van der Waals surface area contributed by atoms with Crippen molar-refractivity contribution in [3.05, 3.63) is 70.7 Å². The lowest BCUT2D eigenvalue weighted by atomic mass is 10.1. The van der Waals surface area contributed by atoms with Crippen molar-refractivity contribution in [2.24, 2.45) is 0 Å². The highest BCUT2D eigenvalue weighted by molar-refractivity contribution is 5.94. The van der Waals surface area contributed by atoms with E-state index in [0.29, 0.717) is 55.5 Å². The van der Waals surface area contributed by atoms with Crippen LogP contribution in [0.3, 0.4) is 0 Å². The van der Waals surface area contributed by atoms with Crippen molar-refractivity contribution in [3.8, 4) is 5.75 Å². The van der Waals surface area contributed by atoms with Gasteiger partial charge in [-0.05, 0) is 50.6 Å². The standard InChI is InChI=1S/C24H25F3N4O3/c1-16-21(17(2)34-29-16)15-33-20-6-3-5-18(13-20)23(32)31-10-4-9-30(11-12-31)22-8-7-19(14-28-22)24(25,26)27/h3,5-8,13-14H,4,9-12,15H2,1-2H3. The minimum Gasteiger partial charge on any atom is -0.489 e. The first-order valence-electron chi connectivity index (χ1n) is 10.9. The number of aromatic nitrogens is 2. The van der Waals surface area contributed by atoms with Crippen LogP contribution in [0.4, 0.5) is 19.0 Å². The number of hydrogen-bond acceptors (Lipinski definition) is 6. The van der Waals surface area contributed by atoms with E-state index in [2.05, 4.69) is 10.1 Å². The fourth-order valence-electron chi connectivity index (χ4n) is 3.86. The number of ether oxygens (including phenoxy) is 1. The fourth-order valence-corrected chi connectivity index (χ4v) is 3.86. The molecular formula is C24H25F3N4O3. The maximum Gasteiger partial charge on any atom is 0.417 e. The van der Waals surface area contributed by atoms with E-state index in [1.54, 1.807) is 29.2 Å². The van der Waals surface area contributed by atoms with E-state index >= 15 is 0 Å². The van der Waals surface area contributed by atoms with Crippen LogP contribution in [0.15, 0.2) is 47.1 Å². The highest BCUT2D eigenvalue weighted by Gasteiger charge is 2.31. The molecule has 180 valence electrons. The number of rotatable bonds is 5. The zero-order valence-corrected chi connectivity index (χ0v) is 18.9. The predicted octanol–water partition coefficient (Wildman–Crippen LogP) is 4.64. The van der Waals surface area contributed by atoms with Gasteiger partial charge >= 0.3 is 6.18 Å². The van der Waals surface area contributed by atoms with Crippen LogP contribution in [0.1, 0.15) is 39.4 Å². The van der Waals surface area contributed by atoms with Crippen molar-refractivity contribution >= 4 is 11.7 Å². The Bertz CT molecular complexity index is 1130. The molecule has 4 rings (SSSR count). The van der Waals surface area contributed by atoms with Crippen LogP contribution in [-0.4, -0.2) is 47.1 Å². The molecule has 2 aromatic heterocycles. The first-order valence-corrected chi connectivity index (χ1v) is 10.9. The summed E-state index contributed by atoms with van der Waals surface area (Å²) in [5.74, 6) is 1.61. The molecule has 0 spiro atoms. The average molecular weight is 474 g/mol. The van der Waals surface area contributed by atoms with Crippen molar-refractivity contribution in [2.45, 2.75) is 33.1 Å². The Labute approximate surface area is 195 Å². The van der Waals surface area contributed by atoms with Gasteiger partial charge in [0.2, 0.25) is 0 Å². The number of carbonyl (C=O) groups is 1. The smallest absolute Gasteiger partial charge is 0.417 e. The molecule has 7 nitrogen and oxygen atoms in total. The third kappa shape index (κ3) is 5.32. The first-order chi connectivity index (χ1) is 16.2. The van der Waals surface area contributed by atoms with Crippen LogP contribution in [0.5, 0.6) is 5.75 Å². The summed E-state index contributed by atoms with van der Waals surface area (Å²) in [5.41, 5.74) is 1.37. The number of halogens is 3. The summed E-state index contributed by atoms with van der Waals surface area (Å²) in [6.07, 6.45) is -2.90. The number of amides is 1. The summed E-state index contributed by atoms with van der Waals surface area (Å²) < 4.78 is 49.4. The summed E-state index contributed by atoms with van der Waals surface area (Å²) in [6, 6.07) is 9.41. The molecule has 1 aromatic carbocycles. The van der Waals surface area contributed by atoms with Crippen molar-refractivity contribution in [3.63, 3.8) is 0 Å². The topological polar surface area (TPSA) is 71.7 Å². The molecule has 3 aromatic rings. The summed E-state index contributed by atoms with van der Waals surface area (Å²) in [5, 5.41) is 3.91. The highest BCUT2D eigenvalue weighted by Crippen LogP contribution is 2.29. The van der Waals surface area contributed by atoms with Gasteiger partial charge in [-0.15, -0.1) is 0 Å². The molecule has 3 heterocycles. The normalized spacial score (nSPS) is 14.7. The third-order valence-corrected chi connectivity index (χ3v) is 5.83. The van der Waals surface area contributed by atoms with E-state index < -0.39 is 11.7 Å². The van der Waals surface area contributed by atoms with E-state index in [0.717, 1.165) is 23.5 Å². The van der Waals surface area contributed by atoms with Gasteiger partial charge in [0.1, 0.15) is 23.9 Å². The van der Waals surface area contributed by atoms with Crippen LogP contribution in [0.2, 0.25) is 0 Å². The van der Waals surface area contributed by atoms with Gasteiger partial charge in [-0.1, -0.05) is 11.2 Å². The second kappa shape index (κ2) is 9.74. The van der Waals surface area contributed by atoms with Crippen LogP contribution in [0.25, 0.3) is 0 Å². The van der Waals surface area contributed by atoms with E-state index in [4.69, 9.17) is 9.26 Å². The molecule has 0 unspecified atom stereocenters. The second-order valence-electron chi connectivity index (χ2n) is 8.15. The molecule has 34 heavy (non-hydrogen) atoms. The van der Waals surface area contributed by atoms with Crippen molar-refractivity contribution < 1.29 is 27.2 Å². The molecule has 0 radical (unpaired) electrons. The Morgan fingerprint density at radius 2 is 1.94 bits per heavy atom. The Kier molecular flexibility index (Phi) is 6.76. The van der Waals surface area contributed by atoms with E-state index in [1.165, 1.54) is 6.07 Å². The number of benzene rings is 1. The maximum atomic E-state index is 13.1. The summed E-state index contributed by atoms with van der Waals surface area (Å²) >= 11 is 0. The number of nitrogens with zero attached hydrogens (tertiary/aromatic N) is 4. The molecule has 0 bridgehead atoms. The van der Waals surface area contributed by atoms with E-state index in [1.807, 2.05) is 18.7 Å². The Morgan fingerprint density at radius 3 is 2.62 bits per heavy atom. The van der Waals surface area contributed by atoms with Crippen molar-refractivity contribution in [1.82, 2.24) is 15.0 Å². The Hall–Kier alpha value is -3.56. The number of anilines is 1. The van der Waals surface area contributed by atoms with Gasteiger partial charge in [-0.2, -0.15) is 13.2 Å². The van der Waals surface area contributed by atoms with Gasteiger partial charge < -0.3 is 19.1 Å². The summed E-state index contributed by atoms with van der Waals surface area (Å²) in [6.45, 7) is 6.01. The molecule has 10 heteroatoms. The monoisotopic (exact) mass is 474 g/mol. The zero-order chi connectivity index (χ0) is 24.3. The number of pyridine rings is 1.